The van der Waals surface area contributed by atoms with Crippen LogP contribution in [0.4, 0.5) is 0 Å². The smallest absolute Gasteiger partial charge is 0.336 e. The number of nitrogens with one attached hydrogen (secondary N) is 1. The standard InChI is InChI=1S/C15H11NO2/c17-15(18)13-5-2-1-4-11(13)10-6-3-7-14-12(10)8-9-16-14/h1-9,16H,(H,17,18). The molecule has 2 aromatic carbocycles. The Kier molecular flexibility index (Phi) is 2.38. The average molecular weight is 237 g/mol. The van der Waals surface area contributed by atoms with Gasteiger partial charge in [-0.2, -0.15) is 0 Å². The molecule has 0 bridgehead atoms. The van der Waals surface area contributed by atoms with Crippen LogP contribution in [0.3, 0.4) is 0 Å². The summed E-state index contributed by atoms with van der Waals surface area (Å²) in [6, 6.07) is 14.9. The molecule has 0 spiro atoms. The zero-order valence-corrected chi connectivity index (χ0v) is 9.55. The lowest BCUT2D eigenvalue weighted by Crippen LogP contribution is -1.99. The maximum absolute atomic E-state index is 11.3. The molecule has 18 heavy (non-hydrogen) atoms. The van der Waals surface area contributed by atoms with Crippen LogP contribution in [0.15, 0.2) is 54.7 Å². The number of aromatic amines is 1. The summed E-state index contributed by atoms with van der Waals surface area (Å²) >= 11 is 0. The third kappa shape index (κ3) is 1.57. The number of aromatic nitrogens is 1. The summed E-state index contributed by atoms with van der Waals surface area (Å²) in [4.78, 5) is 14.4. The highest BCUT2D eigenvalue weighted by atomic mass is 16.4. The first-order valence-corrected chi connectivity index (χ1v) is 5.66. The molecule has 3 nitrogen and oxygen atoms in total. The Morgan fingerprint density at radius 1 is 0.944 bits per heavy atom. The lowest BCUT2D eigenvalue weighted by molar-refractivity contribution is 0.0698. The SMILES string of the molecule is O=C(O)c1ccccc1-c1cccc2[nH]ccc12. The van der Waals surface area contributed by atoms with Crippen LogP contribution in [0.1, 0.15) is 10.4 Å². The highest BCUT2D eigenvalue weighted by molar-refractivity contribution is 6.02. The van der Waals surface area contributed by atoms with Crippen LogP contribution in [-0.2, 0) is 0 Å². The van der Waals surface area contributed by atoms with E-state index in [1.165, 1.54) is 0 Å². The number of carbonyl (C=O) groups is 1. The monoisotopic (exact) mass is 237 g/mol. The van der Waals surface area contributed by atoms with Gasteiger partial charge >= 0.3 is 5.97 Å². The van der Waals surface area contributed by atoms with E-state index in [4.69, 9.17) is 0 Å². The van der Waals surface area contributed by atoms with E-state index in [2.05, 4.69) is 4.98 Å². The summed E-state index contributed by atoms with van der Waals surface area (Å²) in [5, 5.41) is 10.3. The van der Waals surface area contributed by atoms with Crippen molar-refractivity contribution in [1.82, 2.24) is 4.98 Å². The molecule has 0 fully saturated rings. The first-order valence-electron chi connectivity index (χ1n) is 5.66. The van der Waals surface area contributed by atoms with Gasteiger partial charge in [0.05, 0.1) is 5.56 Å². The second-order valence-electron chi connectivity index (χ2n) is 4.10. The average Bonchev–Trinajstić information content (AvgIpc) is 2.86. The lowest BCUT2D eigenvalue weighted by Gasteiger charge is -2.07. The third-order valence-corrected chi connectivity index (χ3v) is 3.04. The van der Waals surface area contributed by atoms with E-state index >= 15 is 0 Å². The first kappa shape index (κ1) is 10.6. The van der Waals surface area contributed by atoms with Gasteiger partial charge in [-0.15, -0.1) is 0 Å². The van der Waals surface area contributed by atoms with Crippen molar-refractivity contribution >= 4 is 16.9 Å². The molecule has 2 N–H and O–H groups in total. The van der Waals surface area contributed by atoms with Gasteiger partial charge in [0, 0.05) is 17.1 Å². The Labute approximate surface area is 104 Å². The van der Waals surface area contributed by atoms with Gasteiger partial charge in [0.1, 0.15) is 0 Å². The van der Waals surface area contributed by atoms with Crippen molar-refractivity contribution in [3.05, 3.63) is 60.3 Å². The van der Waals surface area contributed by atoms with Gasteiger partial charge in [-0.05, 0) is 29.3 Å². The minimum atomic E-state index is -0.905. The molecule has 0 saturated carbocycles. The van der Waals surface area contributed by atoms with E-state index < -0.39 is 5.97 Å². The Hall–Kier alpha value is -2.55. The second-order valence-corrected chi connectivity index (χ2v) is 4.10. The summed E-state index contributed by atoms with van der Waals surface area (Å²) in [5.74, 6) is -0.905. The van der Waals surface area contributed by atoms with Crippen molar-refractivity contribution in [3.63, 3.8) is 0 Å². The molecule has 0 unspecified atom stereocenters. The normalized spacial score (nSPS) is 10.7. The molecule has 3 heteroatoms. The number of hydrogen-bond donors (Lipinski definition) is 2. The molecule has 3 rings (SSSR count). The van der Waals surface area contributed by atoms with Crippen LogP contribution < -0.4 is 0 Å². The number of rotatable bonds is 2. The van der Waals surface area contributed by atoms with Crippen LogP contribution in [0.5, 0.6) is 0 Å². The Balaban J connectivity index is 2.33. The van der Waals surface area contributed by atoms with E-state index in [0.717, 1.165) is 22.0 Å². The summed E-state index contributed by atoms with van der Waals surface area (Å²) in [7, 11) is 0. The molecule has 0 saturated heterocycles. The van der Waals surface area contributed by atoms with Crippen LogP contribution in [0.2, 0.25) is 0 Å². The lowest BCUT2D eigenvalue weighted by atomic mass is 9.97. The molecule has 0 atom stereocenters. The third-order valence-electron chi connectivity index (χ3n) is 3.04. The van der Waals surface area contributed by atoms with E-state index in [9.17, 15) is 9.90 Å². The van der Waals surface area contributed by atoms with Gasteiger partial charge in [-0.1, -0.05) is 30.3 Å². The minimum Gasteiger partial charge on any atom is -0.478 e. The zero-order valence-electron chi connectivity index (χ0n) is 9.55. The highest BCUT2D eigenvalue weighted by Gasteiger charge is 2.12. The van der Waals surface area contributed by atoms with Crippen LogP contribution >= 0.6 is 0 Å². The maximum Gasteiger partial charge on any atom is 0.336 e. The Morgan fingerprint density at radius 3 is 2.56 bits per heavy atom. The number of benzene rings is 2. The molecule has 1 heterocycles. The molecule has 0 aliphatic heterocycles. The van der Waals surface area contributed by atoms with E-state index in [-0.39, 0.29) is 0 Å². The van der Waals surface area contributed by atoms with Crippen molar-refractivity contribution in [1.29, 1.82) is 0 Å². The Bertz CT molecular complexity index is 728. The van der Waals surface area contributed by atoms with E-state index in [1.54, 1.807) is 12.1 Å². The van der Waals surface area contributed by atoms with Gasteiger partial charge in [-0.25, -0.2) is 4.79 Å². The molecule has 3 aromatic rings. The van der Waals surface area contributed by atoms with Gasteiger partial charge in [-0.3, -0.25) is 0 Å². The summed E-state index contributed by atoms with van der Waals surface area (Å²) in [6.07, 6.45) is 1.86. The zero-order chi connectivity index (χ0) is 12.5. The topological polar surface area (TPSA) is 53.1 Å². The number of aromatic carboxylic acids is 1. The van der Waals surface area contributed by atoms with Crippen LogP contribution in [0, 0.1) is 0 Å². The van der Waals surface area contributed by atoms with Gasteiger partial charge in [0.25, 0.3) is 0 Å². The molecule has 0 amide bonds. The number of fused-ring (bicyclic) bond motifs is 1. The fourth-order valence-corrected chi connectivity index (χ4v) is 2.22. The molecule has 0 aliphatic carbocycles. The predicted molar refractivity (Wildman–Crippen MR) is 70.7 cm³/mol. The molecular weight excluding hydrogens is 226 g/mol. The molecular formula is C15H11NO2. The Morgan fingerprint density at radius 2 is 1.72 bits per heavy atom. The van der Waals surface area contributed by atoms with E-state index in [1.807, 2.05) is 42.6 Å². The maximum atomic E-state index is 11.3. The van der Waals surface area contributed by atoms with Gasteiger partial charge in [0.2, 0.25) is 0 Å². The molecule has 88 valence electrons. The summed E-state index contributed by atoms with van der Waals surface area (Å²) in [5.41, 5.74) is 3.01. The highest BCUT2D eigenvalue weighted by Crippen LogP contribution is 2.30. The summed E-state index contributed by atoms with van der Waals surface area (Å²) in [6.45, 7) is 0. The van der Waals surface area contributed by atoms with Crippen molar-refractivity contribution in [2.24, 2.45) is 0 Å². The van der Waals surface area contributed by atoms with E-state index in [0.29, 0.717) is 5.56 Å². The number of carboxylic acids is 1. The fraction of sp³-hybridized carbons (Fsp3) is 0. The van der Waals surface area contributed by atoms with Crippen molar-refractivity contribution in [3.8, 4) is 11.1 Å². The van der Waals surface area contributed by atoms with Gasteiger partial charge in [0.15, 0.2) is 0 Å². The quantitative estimate of drug-likeness (QED) is 0.716. The first-order chi connectivity index (χ1) is 8.77. The molecule has 0 radical (unpaired) electrons. The minimum absolute atomic E-state index is 0.325. The number of H-pyrrole nitrogens is 1. The van der Waals surface area contributed by atoms with Gasteiger partial charge < -0.3 is 10.1 Å². The molecule has 0 aliphatic rings. The van der Waals surface area contributed by atoms with Crippen LogP contribution in [0.25, 0.3) is 22.0 Å². The second kappa shape index (κ2) is 4.04. The molecule has 1 aromatic heterocycles. The van der Waals surface area contributed by atoms with Crippen LogP contribution in [-0.4, -0.2) is 16.1 Å². The van der Waals surface area contributed by atoms with Crippen molar-refractivity contribution in [2.75, 3.05) is 0 Å². The van der Waals surface area contributed by atoms with Crippen molar-refractivity contribution < 1.29 is 9.90 Å². The number of hydrogen-bond acceptors (Lipinski definition) is 1. The largest absolute Gasteiger partial charge is 0.478 e. The number of carboxylic acid groups (broad SMARTS) is 1. The van der Waals surface area contributed by atoms with Crippen molar-refractivity contribution in [2.45, 2.75) is 0 Å². The summed E-state index contributed by atoms with van der Waals surface area (Å²) < 4.78 is 0. The fourth-order valence-electron chi connectivity index (χ4n) is 2.22. The predicted octanol–water partition coefficient (Wildman–Crippen LogP) is 3.53.